The summed E-state index contributed by atoms with van der Waals surface area (Å²) in [6, 6.07) is 8.16. The van der Waals surface area contributed by atoms with Crippen molar-refractivity contribution in [2.24, 2.45) is 5.73 Å². The predicted octanol–water partition coefficient (Wildman–Crippen LogP) is 1.51. The second-order valence-electron chi connectivity index (χ2n) is 5.75. The number of hydrogen-bond acceptors (Lipinski definition) is 4. The van der Waals surface area contributed by atoms with E-state index in [4.69, 9.17) is 5.73 Å². The number of nitrogens with two attached hydrogens (primary N) is 1. The Morgan fingerprint density at radius 1 is 1.57 bits per heavy atom. The Labute approximate surface area is 125 Å². The molecule has 1 saturated heterocycles. The molecule has 0 aliphatic carbocycles. The van der Waals surface area contributed by atoms with Crippen LogP contribution in [0, 0.1) is 11.3 Å². The number of nitrogens with zero attached hydrogens (tertiary/aromatic N) is 2. The molecule has 0 bridgehead atoms. The van der Waals surface area contributed by atoms with E-state index in [1.54, 1.807) is 0 Å². The Bertz CT molecular complexity index is 562. The fraction of sp³-hybridized carbons (Fsp3) is 0.500. The van der Waals surface area contributed by atoms with Crippen LogP contribution in [0.3, 0.4) is 0 Å². The Hall–Kier alpha value is -2.06. The molecule has 0 radical (unpaired) electrons. The summed E-state index contributed by atoms with van der Waals surface area (Å²) >= 11 is 0. The molecule has 112 valence electrons. The van der Waals surface area contributed by atoms with E-state index in [1.165, 1.54) is 0 Å². The van der Waals surface area contributed by atoms with Gasteiger partial charge in [0.2, 0.25) is 5.91 Å². The Kier molecular flexibility index (Phi) is 4.81. The number of primary amides is 1. The quantitative estimate of drug-likeness (QED) is 0.859. The molecule has 21 heavy (non-hydrogen) atoms. The van der Waals surface area contributed by atoms with Gasteiger partial charge in [-0.3, -0.25) is 4.79 Å². The summed E-state index contributed by atoms with van der Waals surface area (Å²) in [4.78, 5) is 13.5. The highest BCUT2D eigenvalue weighted by Gasteiger charge is 2.30. The normalized spacial score (nSPS) is 18.0. The van der Waals surface area contributed by atoms with Crippen LogP contribution in [0.5, 0.6) is 0 Å². The lowest BCUT2D eigenvalue weighted by Gasteiger charge is -2.25. The van der Waals surface area contributed by atoms with Crippen LogP contribution in [-0.2, 0) is 11.3 Å². The number of rotatable bonds is 5. The first-order valence-electron chi connectivity index (χ1n) is 7.35. The molecular weight excluding hydrogens is 264 g/mol. The van der Waals surface area contributed by atoms with E-state index in [0.29, 0.717) is 11.6 Å². The number of benzene rings is 1. The third kappa shape index (κ3) is 3.53. The molecule has 0 aromatic heterocycles. The number of hydrogen-bond donors (Lipinski definition) is 2. The van der Waals surface area contributed by atoms with Crippen LogP contribution < -0.4 is 16.0 Å². The number of nitriles is 1. The van der Waals surface area contributed by atoms with Crippen molar-refractivity contribution in [2.75, 3.05) is 11.4 Å². The molecule has 1 unspecified atom stereocenters. The largest absolute Gasteiger partial charge is 0.368 e. The first-order chi connectivity index (χ1) is 10.0. The molecule has 0 saturated carbocycles. The van der Waals surface area contributed by atoms with Crippen molar-refractivity contribution >= 4 is 11.6 Å². The summed E-state index contributed by atoms with van der Waals surface area (Å²) in [6.07, 6.45) is 1.69. The molecule has 1 aliphatic heterocycles. The zero-order valence-electron chi connectivity index (χ0n) is 12.6. The van der Waals surface area contributed by atoms with E-state index in [9.17, 15) is 10.1 Å². The molecule has 5 heteroatoms. The highest BCUT2D eigenvalue weighted by molar-refractivity contribution is 5.85. The fourth-order valence-corrected chi connectivity index (χ4v) is 2.71. The molecule has 1 atom stereocenters. The van der Waals surface area contributed by atoms with E-state index in [-0.39, 0.29) is 11.9 Å². The molecule has 1 fully saturated rings. The van der Waals surface area contributed by atoms with Gasteiger partial charge in [-0.05, 0) is 30.5 Å². The summed E-state index contributed by atoms with van der Waals surface area (Å²) in [5, 5.41) is 12.7. The number of nitrogens with one attached hydrogen (secondary N) is 1. The Morgan fingerprint density at radius 3 is 2.95 bits per heavy atom. The SMILES string of the molecule is CC(C)NCc1ccc(N2CCCC2C(N)=O)c(C#N)c1. The van der Waals surface area contributed by atoms with Crippen molar-refractivity contribution < 1.29 is 4.79 Å². The maximum Gasteiger partial charge on any atom is 0.240 e. The highest BCUT2D eigenvalue weighted by atomic mass is 16.1. The second-order valence-corrected chi connectivity index (χ2v) is 5.75. The van der Waals surface area contributed by atoms with E-state index in [0.717, 1.165) is 37.2 Å². The highest BCUT2D eigenvalue weighted by Crippen LogP contribution is 2.29. The van der Waals surface area contributed by atoms with Crippen LogP contribution in [0.4, 0.5) is 5.69 Å². The van der Waals surface area contributed by atoms with Gasteiger partial charge in [0.05, 0.1) is 11.3 Å². The van der Waals surface area contributed by atoms with Crippen molar-refractivity contribution in [3.05, 3.63) is 29.3 Å². The molecule has 5 nitrogen and oxygen atoms in total. The standard InChI is InChI=1S/C16H22N4O/c1-11(2)19-10-12-5-6-14(13(8-12)9-17)20-7-3-4-15(20)16(18)21/h5-6,8,11,15,19H,3-4,7,10H2,1-2H3,(H2,18,21). The van der Waals surface area contributed by atoms with Gasteiger partial charge >= 0.3 is 0 Å². The minimum Gasteiger partial charge on any atom is -0.368 e. The minimum atomic E-state index is -0.318. The van der Waals surface area contributed by atoms with Crippen LogP contribution in [-0.4, -0.2) is 24.5 Å². The van der Waals surface area contributed by atoms with Crippen molar-refractivity contribution in [2.45, 2.75) is 45.3 Å². The summed E-state index contributed by atoms with van der Waals surface area (Å²) in [5.74, 6) is -0.318. The van der Waals surface area contributed by atoms with Crippen molar-refractivity contribution in [1.82, 2.24) is 5.32 Å². The maximum absolute atomic E-state index is 11.5. The number of amides is 1. The topological polar surface area (TPSA) is 82.2 Å². The van der Waals surface area contributed by atoms with Gasteiger partial charge in [0, 0.05) is 19.1 Å². The summed E-state index contributed by atoms with van der Waals surface area (Å²) in [7, 11) is 0. The molecule has 1 amide bonds. The number of carbonyl (C=O) groups is 1. The monoisotopic (exact) mass is 286 g/mol. The van der Waals surface area contributed by atoms with Gasteiger partial charge in [-0.25, -0.2) is 0 Å². The van der Waals surface area contributed by atoms with Crippen LogP contribution in [0.2, 0.25) is 0 Å². The third-order valence-corrected chi connectivity index (χ3v) is 3.79. The minimum absolute atomic E-state index is 0.295. The molecule has 1 heterocycles. The van der Waals surface area contributed by atoms with Gasteiger partial charge in [0.1, 0.15) is 12.1 Å². The van der Waals surface area contributed by atoms with Gasteiger partial charge in [0.15, 0.2) is 0 Å². The molecular formula is C16H22N4O. The van der Waals surface area contributed by atoms with Gasteiger partial charge in [-0.2, -0.15) is 5.26 Å². The maximum atomic E-state index is 11.5. The lowest BCUT2D eigenvalue weighted by atomic mass is 10.1. The summed E-state index contributed by atoms with van der Waals surface area (Å²) in [5.41, 5.74) is 7.94. The first-order valence-corrected chi connectivity index (χ1v) is 7.35. The average Bonchev–Trinajstić information content (AvgIpc) is 2.94. The third-order valence-electron chi connectivity index (χ3n) is 3.79. The summed E-state index contributed by atoms with van der Waals surface area (Å²) < 4.78 is 0. The van der Waals surface area contributed by atoms with Gasteiger partial charge in [0.25, 0.3) is 0 Å². The second kappa shape index (κ2) is 6.59. The molecule has 3 N–H and O–H groups in total. The molecule has 1 aromatic carbocycles. The van der Waals surface area contributed by atoms with Crippen LogP contribution in [0.1, 0.15) is 37.8 Å². The smallest absolute Gasteiger partial charge is 0.240 e. The van der Waals surface area contributed by atoms with Crippen LogP contribution >= 0.6 is 0 Å². The van der Waals surface area contributed by atoms with E-state index in [2.05, 4.69) is 25.2 Å². The first kappa shape index (κ1) is 15.3. The zero-order valence-corrected chi connectivity index (χ0v) is 12.6. The molecule has 1 aromatic rings. The predicted molar refractivity (Wildman–Crippen MR) is 82.7 cm³/mol. The van der Waals surface area contributed by atoms with E-state index in [1.807, 2.05) is 23.1 Å². The number of carbonyl (C=O) groups excluding carboxylic acids is 1. The number of anilines is 1. The lowest BCUT2D eigenvalue weighted by molar-refractivity contribution is -0.119. The fourth-order valence-electron chi connectivity index (χ4n) is 2.71. The Morgan fingerprint density at radius 2 is 2.33 bits per heavy atom. The molecule has 0 spiro atoms. The van der Waals surface area contributed by atoms with Crippen molar-refractivity contribution in [3.63, 3.8) is 0 Å². The van der Waals surface area contributed by atoms with Gasteiger partial charge < -0.3 is 16.0 Å². The Balaban J connectivity index is 2.24. The molecule has 1 aliphatic rings. The lowest BCUT2D eigenvalue weighted by Crippen LogP contribution is -2.40. The molecule has 2 rings (SSSR count). The zero-order chi connectivity index (χ0) is 15.4. The van der Waals surface area contributed by atoms with Crippen LogP contribution in [0.25, 0.3) is 0 Å². The van der Waals surface area contributed by atoms with Gasteiger partial charge in [-0.1, -0.05) is 19.9 Å². The van der Waals surface area contributed by atoms with Crippen LogP contribution in [0.15, 0.2) is 18.2 Å². The van der Waals surface area contributed by atoms with E-state index >= 15 is 0 Å². The van der Waals surface area contributed by atoms with Gasteiger partial charge in [-0.15, -0.1) is 0 Å². The summed E-state index contributed by atoms with van der Waals surface area (Å²) in [6.45, 7) is 5.67. The van der Waals surface area contributed by atoms with E-state index < -0.39 is 0 Å². The van der Waals surface area contributed by atoms with Crippen molar-refractivity contribution in [1.29, 1.82) is 5.26 Å². The average molecular weight is 286 g/mol. The van der Waals surface area contributed by atoms with Crippen molar-refractivity contribution in [3.8, 4) is 6.07 Å².